The normalized spacial score (nSPS) is 21.9. The Morgan fingerprint density at radius 1 is 1.43 bits per heavy atom. The van der Waals surface area contributed by atoms with Crippen LogP contribution in [-0.2, 0) is 9.59 Å². The molecule has 2 atom stereocenters. The summed E-state index contributed by atoms with van der Waals surface area (Å²) in [4.78, 5) is 24.8. The molecule has 1 amide bonds. The van der Waals surface area contributed by atoms with Crippen molar-refractivity contribution in [2.75, 3.05) is 19.7 Å². The summed E-state index contributed by atoms with van der Waals surface area (Å²) < 4.78 is 5.42. The molecule has 0 radical (unpaired) electrons. The molecule has 0 bridgehead atoms. The molecule has 1 fully saturated rings. The Labute approximate surface area is 128 Å². The van der Waals surface area contributed by atoms with E-state index in [2.05, 4.69) is 0 Å². The van der Waals surface area contributed by atoms with Gasteiger partial charge in [0.05, 0.1) is 10.9 Å². The number of hydrogen-bond acceptors (Lipinski definition) is 3. The van der Waals surface area contributed by atoms with Crippen LogP contribution >= 0.6 is 11.6 Å². The molecule has 1 aliphatic rings. The van der Waals surface area contributed by atoms with Crippen LogP contribution in [0.3, 0.4) is 0 Å². The first kappa shape index (κ1) is 15.6. The van der Waals surface area contributed by atoms with Crippen molar-refractivity contribution in [2.24, 2.45) is 11.8 Å². The third kappa shape index (κ3) is 3.88. The lowest BCUT2D eigenvalue weighted by atomic mass is 9.87. The summed E-state index contributed by atoms with van der Waals surface area (Å²) >= 11 is 5.96. The summed E-state index contributed by atoms with van der Waals surface area (Å²) in [5, 5.41) is 9.53. The molecule has 1 saturated heterocycles. The maximum Gasteiger partial charge on any atom is 0.306 e. The van der Waals surface area contributed by atoms with Gasteiger partial charge in [-0.3, -0.25) is 9.59 Å². The van der Waals surface area contributed by atoms with Crippen molar-refractivity contribution >= 4 is 23.5 Å². The van der Waals surface area contributed by atoms with Crippen molar-refractivity contribution in [1.82, 2.24) is 4.90 Å². The summed E-state index contributed by atoms with van der Waals surface area (Å²) in [6.45, 7) is 2.66. The van der Waals surface area contributed by atoms with Crippen LogP contribution in [0, 0.1) is 11.8 Å². The van der Waals surface area contributed by atoms with Gasteiger partial charge in [-0.25, -0.2) is 0 Å². The molecule has 0 spiro atoms. The van der Waals surface area contributed by atoms with Crippen LogP contribution in [0.1, 0.15) is 13.3 Å². The van der Waals surface area contributed by atoms with Crippen LogP contribution in [-0.4, -0.2) is 41.6 Å². The van der Waals surface area contributed by atoms with Crippen molar-refractivity contribution in [3.8, 4) is 5.75 Å². The van der Waals surface area contributed by atoms with E-state index < -0.39 is 5.97 Å². The number of hydrogen-bond donors (Lipinski definition) is 1. The highest BCUT2D eigenvalue weighted by atomic mass is 35.5. The molecule has 114 valence electrons. The fourth-order valence-electron chi connectivity index (χ4n) is 2.53. The molecule has 0 aliphatic carbocycles. The first-order valence-corrected chi connectivity index (χ1v) is 7.24. The number of ether oxygens (including phenoxy) is 1. The molecular formula is C15H18ClNO4. The molecule has 1 heterocycles. The van der Waals surface area contributed by atoms with E-state index in [4.69, 9.17) is 21.4 Å². The highest BCUT2D eigenvalue weighted by Gasteiger charge is 2.32. The number of carbonyl (C=O) groups is 2. The van der Waals surface area contributed by atoms with Crippen LogP contribution in [0.2, 0.25) is 5.02 Å². The Bertz CT molecular complexity index is 534. The standard InChI is InChI=1S/C15H18ClNO4/c1-10-8-17(7-6-11(10)15(19)20)14(18)9-21-13-5-3-2-4-12(13)16/h2-5,10-11H,6-9H2,1H3,(H,19,20). The summed E-state index contributed by atoms with van der Waals surface area (Å²) in [6.07, 6.45) is 0.480. The van der Waals surface area contributed by atoms with Gasteiger partial charge in [-0.2, -0.15) is 0 Å². The van der Waals surface area contributed by atoms with Gasteiger partial charge in [0.15, 0.2) is 6.61 Å². The predicted octanol–water partition coefficient (Wildman–Crippen LogP) is 2.29. The van der Waals surface area contributed by atoms with E-state index in [9.17, 15) is 9.59 Å². The Balaban J connectivity index is 1.87. The highest BCUT2D eigenvalue weighted by molar-refractivity contribution is 6.32. The zero-order valence-corrected chi connectivity index (χ0v) is 12.5. The minimum atomic E-state index is -0.790. The van der Waals surface area contributed by atoms with Gasteiger partial charge >= 0.3 is 5.97 Å². The van der Waals surface area contributed by atoms with Gasteiger partial charge in [0, 0.05) is 13.1 Å². The number of para-hydroxylation sites is 1. The number of rotatable bonds is 4. The van der Waals surface area contributed by atoms with Crippen molar-refractivity contribution < 1.29 is 19.4 Å². The molecule has 2 rings (SSSR count). The lowest BCUT2D eigenvalue weighted by molar-refractivity contribution is -0.148. The third-order valence-electron chi connectivity index (χ3n) is 3.76. The van der Waals surface area contributed by atoms with Gasteiger partial charge in [-0.05, 0) is 24.5 Å². The lowest BCUT2D eigenvalue weighted by Gasteiger charge is -2.34. The second kappa shape index (κ2) is 6.80. The maximum atomic E-state index is 12.1. The monoisotopic (exact) mass is 311 g/mol. The van der Waals surface area contributed by atoms with Gasteiger partial charge in [0.25, 0.3) is 5.91 Å². The second-order valence-corrected chi connectivity index (χ2v) is 5.68. The van der Waals surface area contributed by atoms with E-state index in [1.54, 1.807) is 29.2 Å². The van der Waals surface area contributed by atoms with Crippen LogP contribution < -0.4 is 4.74 Å². The number of halogens is 1. The zero-order valence-electron chi connectivity index (χ0n) is 11.8. The third-order valence-corrected chi connectivity index (χ3v) is 4.08. The van der Waals surface area contributed by atoms with Crippen molar-refractivity contribution in [2.45, 2.75) is 13.3 Å². The SMILES string of the molecule is CC1CN(C(=O)COc2ccccc2Cl)CCC1C(=O)O. The van der Waals surface area contributed by atoms with E-state index >= 15 is 0 Å². The zero-order chi connectivity index (χ0) is 15.4. The van der Waals surface area contributed by atoms with Crippen LogP contribution in [0.15, 0.2) is 24.3 Å². The topological polar surface area (TPSA) is 66.8 Å². The Kier molecular flexibility index (Phi) is 5.07. The average Bonchev–Trinajstić information content (AvgIpc) is 2.45. The van der Waals surface area contributed by atoms with Gasteiger partial charge in [0.2, 0.25) is 0 Å². The van der Waals surface area contributed by atoms with Gasteiger partial charge in [0.1, 0.15) is 5.75 Å². The molecule has 1 aromatic carbocycles. The Morgan fingerprint density at radius 2 is 2.14 bits per heavy atom. The molecular weight excluding hydrogens is 294 g/mol. The second-order valence-electron chi connectivity index (χ2n) is 5.27. The Morgan fingerprint density at radius 3 is 2.76 bits per heavy atom. The number of carboxylic acid groups (broad SMARTS) is 1. The van der Waals surface area contributed by atoms with Crippen LogP contribution in [0.4, 0.5) is 0 Å². The molecule has 21 heavy (non-hydrogen) atoms. The molecule has 1 aliphatic heterocycles. The van der Waals surface area contributed by atoms with E-state index in [0.717, 1.165) is 0 Å². The lowest BCUT2D eigenvalue weighted by Crippen LogP contribution is -2.46. The van der Waals surface area contributed by atoms with Gasteiger partial charge < -0.3 is 14.7 Å². The number of amides is 1. The molecule has 1 N–H and O–H groups in total. The largest absolute Gasteiger partial charge is 0.482 e. The number of benzene rings is 1. The number of carbonyl (C=O) groups excluding carboxylic acids is 1. The smallest absolute Gasteiger partial charge is 0.306 e. The van der Waals surface area contributed by atoms with Crippen molar-refractivity contribution in [3.63, 3.8) is 0 Å². The van der Waals surface area contributed by atoms with Gasteiger partial charge in [-0.15, -0.1) is 0 Å². The first-order valence-electron chi connectivity index (χ1n) is 6.87. The summed E-state index contributed by atoms with van der Waals surface area (Å²) in [5.41, 5.74) is 0. The molecule has 2 unspecified atom stereocenters. The minimum absolute atomic E-state index is 0.0551. The molecule has 5 nitrogen and oxygen atoms in total. The minimum Gasteiger partial charge on any atom is -0.482 e. The number of aliphatic carboxylic acids is 1. The predicted molar refractivity (Wildman–Crippen MR) is 78.4 cm³/mol. The summed E-state index contributed by atoms with van der Waals surface area (Å²) in [7, 11) is 0. The van der Waals surface area contributed by atoms with Crippen molar-refractivity contribution in [3.05, 3.63) is 29.3 Å². The number of nitrogens with zero attached hydrogens (tertiary/aromatic N) is 1. The maximum absolute atomic E-state index is 12.1. The molecule has 0 saturated carbocycles. The highest BCUT2D eigenvalue weighted by Crippen LogP contribution is 2.25. The fourth-order valence-corrected chi connectivity index (χ4v) is 2.72. The number of likely N-dealkylation sites (tertiary alicyclic amines) is 1. The van der Waals surface area contributed by atoms with E-state index in [-0.39, 0.29) is 24.3 Å². The van der Waals surface area contributed by atoms with Crippen molar-refractivity contribution in [1.29, 1.82) is 0 Å². The quantitative estimate of drug-likeness (QED) is 0.926. The van der Waals surface area contributed by atoms with E-state index in [1.165, 1.54) is 0 Å². The Hall–Kier alpha value is -1.75. The van der Waals surface area contributed by atoms with E-state index in [1.807, 2.05) is 6.92 Å². The first-order chi connectivity index (χ1) is 9.99. The van der Waals surface area contributed by atoms with Crippen LogP contribution in [0.5, 0.6) is 5.75 Å². The average molecular weight is 312 g/mol. The molecule has 1 aromatic rings. The summed E-state index contributed by atoms with van der Waals surface area (Å²) in [5.74, 6) is -0.896. The summed E-state index contributed by atoms with van der Waals surface area (Å²) in [6, 6.07) is 6.97. The van der Waals surface area contributed by atoms with E-state index in [0.29, 0.717) is 30.3 Å². The number of piperidine rings is 1. The fraction of sp³-hybridized carbons (Fsp3) is 0.467. The van der Waals surface area contributed by atoms with Gasteiger partial charge in [-0.1, -0.05) is 30.7 Å². The molecule has 0 aromatic heterocycles. The van der Waals surface area contributed by atoms with Crippen LogP contribution in [0.25, 0.3) is 0 Å². The molecule has 6 heteroatoms. The number of carboxylic acids is 1.